The molecule has 1 aromatic carbocycles. The monoisotopic (exact) mass is 309 g/mol. The van der Waals surface area contributed by atoms with Crippen LogP contribution in [0.15, 0.2) is 41.4 Å². The van der Waals surface area contributed by atoms with E-state index < -0.39 is 4.92 Å². The molecule has 0 aliphatic rings. The van der Waals surface area contributed by atoms with Crippen molar-refractivity contribution in [3.63, 3.8) is 0 Å². The molecule has 0 saturated heterocycles. The lowest BCUT2D eigenvalue weighted by Crippen LogP contribution is -1.97. The van der Waals surface area contributed by atoms with Gasteiger partial charge >= 0.3 is 0 Å². The first-order valence-corrected chi connectivity index (χ1v) is 7.16. The fourth-order valence-corrected chi connectivity index (χ4v) is 2.54. The molecule has 7 heteroatoms. The van der Waals surface area contributed by atoms with E-state index in [0.29, 0.717) is 21.6 Å². The minimum atomic E-state index is -0.422. The van der Waals surface area contributed by atoms with E-state index in [2.05, 4.69) is 10.3 Å². The summed E-state index contributed by atoms with van der Waals surface area (Å²) in [6.07, 6.45) is 0. The van der Waals surface area contributed by atoms with Crippen LogP contribution in [0.25, 0.3) is 0 Å². The van der Waals surface area contributed by atoms with Gasteiger partial charge in [-0.3, -0.25) is 10.1 Å². The molecule has 0 aliphatic carbocycles. The average Bonchev–Trinajstić information content (AvgIpc) is 2.46. The molecule has 1 N–H and O–H groups in total. The molecule has 0 unspecified atom stereocenters. The van der Waals surface area contributed by atoms with E-state index >= 15 is 0 Å². The van der Waals surface area contributed by atoms with Gasteiger partial charge in [0.05, 0.1) is 11.0 Å². The van der Waals surface area contributed by atoms with Crippen molar-refractivity contribution in [2.45, 2.75) is 10.8 Å². The molecule has 2 aromatic rings. The van der Waals surface area contributed by atoms with Crippen LogP contribution in [0.5, 0.6) is 0 Å². The Balaban J connectivity index is 2.14. The Labute approximate surface area is 125 Å². The largest absolute Gasteiger partial charge is 0.373 e. The van der Waals surface area contributed by atoms with Crippen LogP contribution in [0.1, 0.15) is 5.56 Å². The lowest BCUT2D eigenvalue weighted by Gasteiger charge is -2.05. The molecule has 0 amide bonds. The lowest BCUT2D eigenvalue weighted by molar-refractivity contribution is -0.385. The molecule has 0 aliphatic heterocycles. The third kappa shape index (κ3) is 3.85. The van der Waals surface area contributed by atoms with E-state index in [9.17, 15) is 10.1 Å². The Kier molecular flexibility index (Phi) is 4.81. The number of halogens is 1. The maximum Gasteiger partial charge on any atom is 0.275 e. The number of thioether (sulfide) groups is 1. The topological polar surface area (TPSA) is 68.1 Å². The molecule has 1 heterocycles. The summed E-state index contributed by atoms with van der Waals surface area (Å²) in [4.78, 5) is 14.7. The Morgan fingerprint density at radius 2 is 2.05 bits per heavy atom. The second kappa shape index (κ2) is 6.58. The van der Waals surface area contributed by atoms with Gasteiger partial charge in [-0.15, -0.1) is 11.8 Å². The molecular formula is C13H12ClN3O2S. The first-order valence-electron chi connectivity index (χ1n) is 5.80. The number of nitrogens with one attached hydrogen (secondary N) is 1. The van der Waals surface area contributed by atoms with Crippen molar-refractivity contribution < 1.29 is 4.92 Å². The molecule has 1 aromatic heterocycles. The minimum Gasteiger partial charge on any atom is -0.373 e. The molecule has 2 rings (SSSR count). The Morgan fingerprint density at radius 1 is 1.35 bits per heavy atom. The number of aromatic nitrogens is 1. The standard InChI is InChI=1S/C13H12ClN3O2S/c1-15-12-6-11(17(18)19)7-13(16-12)20-8-9-2-4-10(14)5-3-9/h2-7H,8H2,1H3,(H,15,16). The number of anilines is 1. The second-order valence-corrected chi connectivity index (χ2v) is 5.40. The van der Waals surface area contributed by atoms with E-state index in [1.165, 1.54) is 23.9 Å². The molecule has 0 bridgehead atoms. The molecule has 104 valence electrons. The van der Waals surface area contributed by atoms with Gasteiger partial charge in [0.25, 0.3) is 5.69 Å². The fourth-order valence-electron chi connectivity index (χ4n) is 1.54. The quantitative estimate of drug-likeness (QED) is 0.514. The van der Waals surface area contributed by atoms with Crippen molar-refractivity contribution >= 4 is 34.9 Å². The summed E-state index contributed by atoms with van der Waals surface area (Å²) in [5.74, 6) is 1.16. The molecule has 20 heavy (non-hydrogen) atoms. The maximum absolute atomic E-state index is 10.9. The van der Waals surface area contributed by atoms with Crippen molar-refractivity contribution in [1.82, 2.24) is 4.98 Å². The van der Waals surface area contributed by atoms with Gasteiger partial charge in [0.1, 0.15) is 10.8 Å². The Bertz CT molecular complexity index is 620. The zero-order valence-corrected chi connectivity index (χ0v) is 12.2. The van der Waals surface area contributed by atoms with Crippen LogP contribution >= 0.6 is 23.4 Å². The second-order valence-electron chi connectivity index (χ2n) is 3.97. The van der Waals surface area contributed by atoms with Gasteiger partial charge < -0.3 is 5.32 Å². The number of rotatable bonds is 5. The van der Waals surface area contributed by atoms with Crippen LogP contribution < -0.4 is 5.32 Å². The van der Waals surface area contributed by atoms with Crippen LogP contribution in [0.2, 0.25) is 5.02 Å². The van der Waals surface area contributed by atoms with Crippen LogP contribution in [0.3, 0.4) is 0 Å². The fraction of sp³-hybridized carbons (Fsp3) is 0.154. The highest BCUT2D eigenvalue weighted by molar-refractivity contribution is 7.98. The van der Waals surface area contributed by atoms with E-state index in [-0.39, 0.29) is 5.69 Å². The summed E-state index contributed by atoms with van der Waals surface area (Å²) < 4.78 is 0. The Morgan fingerprint density at radius 3 is 2.65 bits per heavy atom. The minimum absolute atomic E-state index is 0.0305. The van der Waals surface area contributed by atoms with Crippen LogP contribution in [0, 0.1) is 10.1 Å². The van der Waals surface area contributed by atoms with Gasteiger partial charge in [0.2, 0.25) is 0 Å². The molecule has 5 nitrogen and oxygen atoms in total. The first-order chi connectivity index (χ1) is 9.58. The predicted molar refractivity (Wildman–Crippen MR) is 81.5 cm³/mol. The molecule has 0 spiro atoms. The summed E-state index contributed by atoms with van der Waals surface area (Å²) in [5, 5.41) is 15.0. The normalized spacial score (nSPS) is 10.3. The number of hydrogen-bond acceptors (Lipinski definition) is 5. The summed E-state index contributed by atoms with van der Waals surface area (Å²) in [6, 6.07) is 10.4. The highest BCUT2D eigenvalue weighted by Gasteiger charge is 2.11. The lowest BCUT2D eigenvalue weighted by atomic mass is 10.2. The van der Waals surface area contributed by atoms with E-state index in [1.807, 2.05) is 24.3 Å². The molecule has 0 atom stereocenters. The number of pyridine rings is 1. The third-order valence-corrected chi connectivity index (χ3v) is 3.79. The average molecular weight is 310 g/mol. The zero-order valence-electron chi connectivity index (χ0n) is 10.7. The van der Waals surface area contributed by atoms with Crippen molar-refractivity contribution in [3.05, 3.63) is 57.1 Å². The SMILES string of the molecule is CNc1cc([N+](=O)[O-])cc(SCc2ccc(Cl)cc2)n1. The molecule has 0 fully saturated rings. The summed E-state index contributed by atoms with van der Waals surface area (Å²) in [7, 11) is 1.68. The van der Waals surface area contributed by atoms with Crippen molar-refractivity contribution in [3.8, 4) is 0 Å². The van der Waals surface area contributed by atoms with Gasteiger partial charge in [-0.2, -0.15) is 0 Å². The van der Waals surface area contributed by atoms with Gasteiger partial charge in [-0.05, 0) is 17.7 Å². The van der Waals surface area contributed by atoms with Gasteiger partial charge in [-0.1, -0.05) is 23.7 Å². The maximum atomic E-state index is 10.9. The first kappa shape index (κ1) is 14.6. The zero-order chi connectivity index (χ0) is 14.5. The highest BCUT2D eigenvalue weighted by atomic mass is 35.5. The summed E-state index contributed by atoms with van der Waals surface area (Å²) in [5.41, 5.74) is 1.11. The van der Waals surface area contributed by atoms with Gasteiger partial charge in [0.15, 0.2) is 0 Å². The summed E-state index contributed by atoms with van der Waals surface area (Å²) >= 11 is 7.26. The molecule has 0 radical (unpaired) electrons. The van der Waals surface area contributed by atoms with Crippen molar-refractivity contribution in [2.24, 2.45) is 0 Å². The van der Waals surface area contributed by atoms with E-state index in [4.69, 9.17) is 11.6 Å². The predicted octanol–water partition coefficient (Wildman–Crippen LogP) is 3.98. The number of benzene rings is 1. The van der Waals surface area contributed by atoms with Gasteiger partial charge in [0, 0.05) is 23.9 Å². The van der Waals surface area contributed by atoms with E-state index in [1.54, 1.807) is 7.05 Å². The van der Waals surface area contributed by atoms with Crippen molar-refractivity contribution in [2.75, 3.05) is 12.4 Å². The Hall–Kier alpha value is -1.79. The smallest absolute Gasteiger partial charge is 0.275 e. The summed E-state index contributed by atoms with van der Waals surface area (Å²) in [6.45, 7) is 0. The van der Waals surface area contributed by atoms with Crippen LogP contribution in [-0.2, 0) is 5.75 Å². The van der Waals surface area contributed by atoms with Crippen LogP contribution in [-0.4, -0.2) is 17.0 Å². The van der Waals surface area contributed by atoms with Gasteiger partial charge in [-0.25, -0.2) is 4.98 Å². The number of hydrogen-bond donors (Lipinski definition) is 1. The van der Waals surface area contributed by atoms with Crippen molar-refractivity contribution in [1.29, 1.82) is 0 Å². The highest BCUT2D eigenvalue weighted by Crippen LogP contribution is 2.27. The van der Waals surface area contributed by atoms with Crippen LogP contribution in [0.4, 0.5) is 11.5 Å². The molecular weight excluding hydrogens is 298 g/mol. The third-order valence-electron chi connectivity index (χ3n) is 2.55. The number of nitrogens with zero attached hydrogens (tertiary/aromatic N) is 2. The van der Waals surface area contributed by atoms with E-state index in [0.717, 1.165) is 5.56 Å². The molecule has 0 saturated carbocycles. The number of nitro groups is 1.